The largest absolute Gasteiger partial charge is 0.497 e. The maximum Gasteiger partial charge on any atom is 0.119 e. The Morgan fingerprint density at radius 2 is 1.61 bits per heavy atom. The summed E-state index contributed by atoms with van der Waals surface area (Å²) in [5, 5.41) is 0. The van der Waals surface area contributed by atoms with Crippen LogP contribution in [0.3, 0.4) is 0 Å². The van der Waals surface area contributed by atoms with Crippen LogP contribution in [0.2, 0.25) is 0 Å². The molecule has 0 bridgehead atoms. The number of rotatable bonds is 5. The fourth-order valence-corrected chi connectivity index (χ4v) is 3.94. The third-order valence-corrected chi connectivity index (χ3v) is 5.43. The van der Waals surface area contributed by atoms with E-state index in [1.54, 1.807) is 7.11 Å². The first-order chi connectivity index (χ1) is 13.7. The second-order valence-electron chi connectivity index (χ2n) is 7.13. The summed E-state index contributed by atoms with van der Waals surface area (Å²) in [5.74, 6) is 1.13. The molecular formula is C26H25NO. The molecule has 2 heteroatoms. The predicted octanol–water partition coefficient (Wildman–Crippen LogP) is 6.58. The van der Waals surface area contributed by atoms with E-state index in [0.29, 0.717) is 0 Å². The molecule has 0 saturated carbocycles. The smallest absolute Gasteiger partial charge is 0.119 e. The van der Waals surface area contributed by atoms with Gasteiger partial charge < -0.3 is 9.64 Å². The van der Waals surface area contributed by atoms with E-state index in [1.807, 2.05) is 18.2 Å². The van der Waals surface area contributed by atoms with Crippen LogP contribution in [0.5, 0.6) is 5.75 Å². The van der Waals surface area contributed by atoms with E-state index in [-0.39, 0.29) is 12.0 Å². The summed E-state index contributed by atoms with van der Waals surface area (Å²) in [7, 11) is 1.70. The Labute approximate surface area is 167 Å². The van der Waals surface area contributed by atoms with Gasteiger partial charge in [0.1, 0.15) is 5.75 Å². The Morgan fingerprint density at radius 3 is 2.29 bits per heavy atom. The highest BCUT2D eigenvalue weighted by atomic mass is 16.5. The van der Waals surface area contributed by atoms with Crippen molar-refractivity contribution in [2.75, 3.05) is 12.0 Å². The molecule has 0 spiro atoms. The molecule has 0 aromatic heterocycles. The summed E-state index contributed by atoms with van der Waals surface area (Å²) in [4.78, 5) is 2.43. The van der Waals surface area contributed by atoms with Gasteiger partial charge in [0.05, 0.1) is 13.2 Å². The number of nitrogens with zero attached hydrogens (tertiary/aromatic N) is 1. The number of hydrogen-bond donors (Lipinski definition) is 0. The molecule has 0 fully saturated rings. The van der Waals surface area contributed by atoms with Crippen LogP contribution in [0.4, 0.5) is 5.69 Å². The third kappa shape index (κ3) is 3.22. The fourth-order valence-electron chi connectivity index (χ4n) is 3.94. The Hall–Kier alpha value is -3.26. The van der Waals surface area contributed by atoms with E-state index in [1.165, 1.54) is 22.4 Å². The summed E-state index contributed by atoms with van der Waals surface area (Å²) >= 11 is 0. The summed E-state index contributed by atoms with van der Waals surface area (Å²) in [6.07, 6.45) is 4.34. The monoisotopic (exact) mass is 367 g/mol. The standard InChI is InChI=1S/C26H25NO/c1-4-19(2)26-24-13-9-8-12-21(24)18-25(20-10-6-5-7-11-20)27(26)22-14-16-23(28-3)17-15-22/h4-19,26H,1H2,2-3H3. The lowest BCUT2D eigenvalue weighted by molar-refractivity contribution is 0.414. The van der Waals surface area contributed by atoms with Crippen molar-refractivity contribution in [3.05, 3.63) is 108 Å². The molecule has 0 amide bonds. The Balaban J connectivity index is 1.94. The van der Waals surface area contributed by atoms with Gasteiger partial charge in [-0.05, 0) is 52.9 Å². The van der Waals surface area contributed by atoms with Crippen molar-refractivity contribution in [3.63, 3.8) is 0 Å². The first kappa shape index (κ1) is 18.1. The Morgan fingerprint density at radius 1 is 0.929 bits per heavy atom. The van der Waals surface area contributed by atoms with E-state index >= 15 is 0 Å². The van der Waals surface area contributed by atoms with Gasteiger partial charge in [0.2, 0.25) is 0 Å². The van der Waals surface area contributed by atoms with Gasteiger partial charge in [0.15, 0.2) is 0 Å². The van der Waals surface area contributed by atoms with Crippen molar-refractivity contribution in [2.45, 2.75) is 13.0 Å². The highest BCUT2D eigenvalue weighted by molar-refractivity contribution is 5.94. The van der Waals surface area contributed by atoms with Crippen molar-refractivity contribution in [1.29, 1.82) is 0 Å². The summed E-state index contributed by atoms with van der Waals surface area (Å²) < 4.78 is 5.37. The van der Waals surface area contributed by atoms with Crippen LogP contribution in [0, 0.1) is 5.92 Å². The normalized spacial score (nSPS) is 16.7. The molecule has 4 rings (SSSR count). The first-order valence-electron chi connectivity index (χ1n) is 9.65. The topological polar surface area (TPSA) is 12.5 Å². The minimum absolute atomic E-state index is 0.169. The molecule has 0 N–H and O–H groups in total. The van der Waals surface area contributed by atoms with Gasteiger partial charge in [0.25, 0.3) is 0 Å². The minimum atomic E-state index is 0.169. The molecule has 0 aliphatic carbocycles. The zero-order valence-corrected chi connectivity index (χ0v) is 16.4. The molecule has 3 aromatic rings. The lowest BCUT2D eigenvalue weighted by atomic mass is 9.84. The maximum atomic E-state index is 5.37. The van der Waals surface area contributed by atoms with E-state index in [9.17, 15) is 0 Å². The molecule has 3 aromatic carbocycles. The van der Waals surface area contributed by atoms with Crippen molar-refractivity contribution in [1.82, 2.24) is 0 Å². The van der Waals surface area contributed by atoms with Gasteiger partial charge in [-0.3, -0.25) is 0 Å². The number of fused-ring (bicyclic) bond motifs is 1. The Kier molecular flexibility index (Phi) is 5.03. The molecule has 1 aliphatic heterocycles. The van der Waals surface area contributed by atoms with E-state index < -0.39 is 0 Å². The van der Waals surface area contributed by atoms with Crippen LogP contribution in [0.25, 0.3) is 11.8 Å². The van der Waals surface area contributed by atoms with Crippen molar-refractivity contribution >= 4 is 17.5 Å². The van der Waals surface area contributed by atoms with Crippen LogP contribution in [0.1, 0.15) is 29.7 Å². The lowest BCUT2D eigenvalue weighted by Gasteiger charge is -2.42. The lowest BCUT2D eigenvalue weighted by Crippen LogP contribution is -2.34. The number of methoxy groups -OCH3 is 1. The third-order valence-electron chi connectivity index (χ3n) is 5.43. The summed E-state index contributed by atoms with van der Waals surface area (Å²) in [6.45, 7) is 6.33. The predicted molar refractivity (Wildman–Crippen MR) is 118 cm³/mol. The summed E-state index contributed by atoms with van der Waals surface area (Å²) in [5.41, 5.74) is 6.14. The van der Waals surface area contributed by atoms with E-state index in [0.717, 1.165) is 11.4 Å². The van der Waals surface area contributed by atoms with Crippen LogP contribution in [0.15, 0.2) is 91.5 Å². The average Bonchev–Trinajstić information content (AvgIpc) is 2.78. The van der Waals surface area contributed by atoms with Gasteiger partial charge in [-0.2, -0.15) is 0 Å². The van der Waals surface area contributed by atoms with Crippen LogP contribution < -0.4 is 9.64 Å². The van der Waals surface area contributed by atoms with Gasteiger partial charge in [-0.15, -0.1) is 6.58 Å². The molecule has 1 heterocycles. The van der Waals surface area contributed by atoms with Crippen LogP contribution in [-0.2, 0) is 0 Å². The zero-order valence-electron chi connectivity index (χ0n) is 16.4. The average molecular weight is 367 g/mol. The minimum Gasteiger partial charge on any atom is -0.497 e. The molecule has 2 unspecified atom stereocenters. The molecule has 0 radical (unpaired) electrons. The number of ether oxygens (including phenoxy) is 1. The number of benzene rings is 3. The van der Waals surface area contributed by atoms with Gasteiger partial charge in [-0.25, -0.2) is 0 Å². The first-order valence-corrected chi connectivity index (χ1v) is 9.65. The molecule has 2 nitrogen and oxygen atoms in total. The van der Waals surface area contributed by atoms with E-state index in [2.05, 4.69) is 91.2 Å². The van der Waals surface area contributed by atoms with E-state index in [4.69, 9.17) is 4.74 Å². The maximum absolute atomic E-state index is 5.37. The Bertz CT molecular complexity index is 988. The van der Waals surface area contributed by atoms with Gasteiger partial charge in [-0.1, -0.05) is 67.6 Å². The number of anilines is 1. The molecule has 140 valence electrons. The SMILES string of the molecule is C=CC(C)C1c2ccccc2C=C(c2ccccc2)N1c1ccc(OC)cc1. The quantitative estimate of drug-likeness (QED) is 0.472. The van der Waals surface area contributed by atoms with Crippen LogP contribution in [-0.4, -0.2) is 7.11 Å². The second kappa shape index (κ2) is 7.77. The fraction of sp³-hybridized carbons (Fsp3) is 0.154. The highest BCUT2D eigenvalue weighted by Crippen LogP contribution is 2.45. The zero-order chi connectivity index (χ0) is 19.5. The van der Waals surface area contributed by atoms with Crippen molar-refractivity contribution in [2.24, 2.45) is 5.92 Å². The van der Waals surface area contributed by atoms with Crippen LogP contribution >= 0.6 is 0 Å². The molecular weight excluding hydrogens is 342 g/mol. The molecule has 28 heavy (non-hydrogen) atoms. The summed E-state index contributed by atoms with van der Waals surface area (Å²) in [6, 6.07) is 27.7. The van der Waals surface area contributed by atoms with Gasteiger partial charge in [0, 0.05) is 11.4 Å². The second-order valence-corrected chi connectivity index (χ2v) is 7.13. The number of hydrogen-bond acceptors (Lipinski definition) is 2. The van der Waals surface area contributed by atoms with Gasteiger partial charge >= 0.3 is 0 Å². The van der Waals surface area contributed by atoms with Crippen molar-refractivity contribution < 1.29 is 4.74 Å². The molecule has 2 atom stereocenters. The van der Waals surface area contributed by atoms with Crippen molar-refractivity contribution in [3.8, 4) is 5.75 Å². The highest BCUT2D eigenvalue weighted by Gasteiger charge is 2.33. The molecule has 1 aliphatic rings. The molecule has 0 saturated heterocycles.